The first-order valence-corrected chi connectivity index (χ1v) is 10.4. The molecule has 3 heterocycles. The number of aromatic nitrogens is 3. The van der Waals surface area contributed by atoms with Gasteiger partial charge in [-0.05, 0) is 35.8 Å². The van der Waals surface area contributed by atoms with Crippen molar-refractivity contribution >= 4 is 28.3 Å². The van der Waals surface area contributed by atoms with E-state index in [1.54, 1.807) is 30.5 Å². The second-order valence-electron chi connectivity index (χ2n) is 7.66. The van der Waals surface area contributed by atoms with E-state index < -0.39 is 0 Å². The van der Waals surface area contributed by atoms with Crippen molar-refractivity contribution in [3.63, 3.8) is 0 Å². The molecule has 1 saturated heterocycles. The molecule has 8 nitrogen and oxygen atoms in total. The van der Waals surface area contributed by atoms with Crippen LogP contribution in [0.4, 0.5) is 5.69 Å². The molecule has 1 unspecified atom stereocenters. The van der Waals surface area contributed by atoms with E-state index in [1.165, 1.54) is 11.6 Å². The number of amides is 1. The maximum absolute atomic E-state index is 11.5. The number of nitrogens with one attached hydrogen (secondary N) is 3. The van der Waals surface area contributed by atoms with Crippen LogP contribution in [0.3, 0.4) is 0 Å². The zero-order valence-electron chi connectivity index (χ0n) is 17.6. The summed E-state index contributed by atoms with van der Waals surface area (Å²) in [7, 11) is 0. The van der Waals surface area contributed by atoms with Crippen molar-refractivity contribution in [3.05, 3.63) is 84.4 Å². The Kier molecular flexibility index (Phi) is 5.21. The lowest BCUT2D eigenvalue weighted by atomic mass is 9.92. The normalized spacial score (nSPS) is 19.1. The first kappa shape index (κ1) is 20.3. The van der Waals surface area contributed by atoms with Gasteiger partial charge in [-0.2, -0.15) is 5.26 Å². The third-order valence-electron chi connectivity index (χ3n) is 5.49. The molecular formula is C25H20N6O2. The van der Waals surface area contributed by atoms with Gasteiger partial charge in [-0.25, -0.2) is 9.97 Å². The molecule has 0 bridgehead atoms. The number of nitrogens with zero attached hydrogens (tertiary/aromatic N) is 3. The number of aromatic amines is 1. The Labute approximate surface area is 190 Å². The highest BCUT2D eigenvalue weighted by atomic mass is 16.5. The van der Waals surface area contributed by atoms with Crippen LogP contribution in [0.1, 0.15) is 18.4 Å². The van der Waals surface area contributed by atoms with Gasteiger partial charge >= 0.3 is 0 Å². The molecule has 3 N–H and O–H groups in total. The van der Waals surface area contributed by atoms with E-state index in [0.29, 0.717) is 28.5 Å². The zero-order chi connectivity index (χ0) is 22.8. The molecule has 0 saturated carbocycles. The van der Waals surface area contributed by atoms with Crippen molar-refractivity contribution in [2.75, 3.05) is 5.32 Å². The van der Waals surface area contributed by atoms with Gasteiger partial charge in [0.25, 0.3) is 0 Å². The molecule has 1 aromatic carbocycles. The first-order valence-electron chi connectivity index (χ1n) is 10.4. The number of anilines is 1. The van der Waals surface area contributed by atoms with Crippen molar-refractivity contribution in [1.29, 1.82) is 5.26 Å². The molecule has 1 atom stereocenters. The number of hydrogen-bond donors (Lipinski definition) is 3. The highest BCUT2D eigenvalue weighted by Gasteiger charge is 2.24. The number of nitriles is 1. The fraction of sp³-hybridized carbons (Fsp3) is 0.120. The maximum atomic E-state index is 11.5. The summed E-state index contributed by atoms with van der Waals surface area (Å²) in [6, 6.07) is 9.17. The van der Waals surface area contributed by atoms with E-state index in [9.17, 15) is 4.79 Å². The summed E-state index contributed by atoms with van der Waals surface area (Å²) in [4.78, 5) is 23.8. The molecule has 5 rings (SSSR count). The summed E-state index contributed by atoms with van der Waals surface area (Å²) in [6.45, 7) is 3.45. The van der Waals surface area contributed by atoms with Gasteiger partial charge in [0.15, 0.2) is 5.65 Å². The lowest BCUT2D eigenvalue weighted by Crippen LogP contribution is -2.40. The van der Waals surface area contributed by atoms with Gasteiger partial charge in [0.2, 0.25) is 11.8 Å². The standard InChI is InChI=1S/C25H20N6O2/c1-2-22(32)30-17-4-3-5-19(10-17)33-23-14-28-25-24(31-23)20(13-27-25)15-6-8-16(9-7-15)21-11-18(12-26)29-21/h2-8,10,13-14,18,29H,1,9,11H2,(H,27,28)(H,30,32). The largest absolute Gasteiger partial charge is 0.437 e. The van der Waals surface area contributed by atoms with Gasteiger partial charge in [0, 0.05) is 35.6 Å². The number of allylic oxidation sites excluding steroid dienone is 5. The van der Waals surface area contributed by atoms with E-state index in [0.717, 1.165) is 29.7 Å². The van der Waals surface area contributed by atoms with Crippen molar-refractivity contribution in [1.82, 2.24) is 20.3 Å². The molecule has 0 radical (unpaired) electrons. The van der Waals surface area contributed by atoms with Crippen LogP contribution in [0.2, 0.25) is 0 Å². The number of H-pyrrole nitrogens is 1. The van der Waals surface area contributed by atoms with Gasteiger partial charge < -0.3 is 20.4 Å². The predicted molar refractivity (Wildman–Crippen MR) is 125 cm³/mol. The molecule has 8 heteroatoms. The van der Waals surface area contributed by atoms with Gasteiger partial charge in [0.05, 0.1) is 12.3 Å². The van der Waals surface area contributed by atoms with Gasteiger partial charge in [-0.1, -0.05) is 30.9 Å². The SMILES string of the molecule is C=CC(=O)Nc1cccc(Oc2cnc3[nH]cc(C4=CCC(=C5CC(C#N)N5)C=C4)c3n2)c1. The fourth-order valence-corrected chi connectivity index (χ4v) is 3.76. The van der Waals surface area contributed by atoms with Crippen LogP contribution in [0.5, 0.6) is 11.6 Å². The number of fused-ring (bicyclic) bond motifs is 1. The predicted octanol–water partition coefficient (Wildman–Crippen LogP) is 4.36. The van der Waals surface area contributed by atoms with E-state index >= 15 is 0 Å². The third-order valence-corrected chi connectivity index (χ3v) is 5.49. The topological polar surface area (TPSA) is 116 Å². The number of carbonyl (C=O) groups excluding carboxylic acids is 1. The molecule has 162 valence electrons. The number of hydrogen-bond acceptors (Lipinski definition) is 6. The Bertz CT molecular complexity index is 1400. The highest BCUT2D eigenvalue weighted by Crippen LogP contribution is 2.32. The van der Waals surface area contributed by atoms with Crippen LogP contribution in [-0.2, 0) is 4.79 Å². The Hall–Kier alpha value is -4.64. The lowest BCUT2D eigenvalue weighted by molar-refractivity contribution is -0.111. The van der Waals surface area contributed by atoms with Crippen LogP contribution in [-0.4, -0.2) is 26.9 Å². The van der Waals surface area contributed by atoms with E-state index in [2.05, 4.69) is 56.5 Å². The number of benzene rings is 1. The molecule has 33 heavy (non-hydrogen) atoms. The van der Waals surface area contributed by atoms with Crippen LogP contribution >= 0.6 is 0 Å². The number of ether oxygens (including phenoxy) is 1. The smallest absolute Gasteiger partial charge is 0.247 e. The van der Waals surface area contributed by atoms with Crippen LogP contribution in [0.15, 0.2) is 78.8 Å². The van der Waals surface area contributed by atoms with Gasteiger partial charge in [0.1, 0.15) is 17.3 Å². The average Bonchev–Trinajstić information content (AvgIpc) is 3.22. The lowest BCUT2D eigenvalue weighted by Gasteiger charge is -2.29. The second kappa shape index (κ2) is 8.48. The third kappa shape index (κ3) is 4.12. The average molecular weight is 436 g/mol. The summed E-state index contributed by atoms with van der Waals surface area (Å²) < 4.78 is 5.90. The summed E-state index contributed by atoms with van der Waals surface area (Å²) in [5.41, 5.74) is 6.28. The minimum absolute atomic E-state index is 0.0764. The fourth-order valence-electron chi connectivity index (χ4n) is 3.76. The van der Waals surface area contributed by atoms with Crippen LogP contribution in [0.25, 0.3) is 16.7 Å². The summed E-state index contributed by atoms with van der Waals surface area (Å²) >= 11 is 0. The Morgan fingerprint density at radius 2 is 2.24 bits per heavy atom. The molecule has 1 aliphatic heterocycles. The molecule has 2 aliphatic rings. The minimum atomic E-state index is -0.295. The summed E-state index contributed by atoms with van der Waals surface area (Å²) in [5.74, 6) is 0.579. The van der Waals surface area contributed by atoms with Crippen LogP contribution in [0, 0.1) is 11.3 Å². The Morgan fingerprint density at radius 3 is 3.00 bits per heavy atom. The zero-order valence-corrected chi connectivity index (χ0v) is 17.6. The molecule has 0 spiro atoms. The van der Waals surface area contributed by atoms with E-state index in [1.807, 2.05) is 6.20 Å². The molecule has 1 fully saturated rings. The van der Waals surface area contributed by atoms with Crippen molar-refractivity contribution in [2.24, 2.45) is 0 Å². The van der Waals surface area contributed by atoms with Crippen molar-refractivity contribution in [2.45, 2.75) is 18.9 Å². The number of rotatable bonds is 5. The van der Waals surface area contributed by atoms with E-state index in [4.69, 9.17) is 10.00 Å². The van der Waals surface area contributed by atoms with Crippen LogP contribution < -0.4 is 15.4 Å². The quantitative estimate of drug-likeness (QED) is 0.512. The van der Waals surface area contributed by atoms with Gasteiger partial charge in [-0.3, -0.25) is 4.79 Å². The summed E-state index contributed by atoms with van der Waals surface area (Å²) in [5, 5.41) is 14.8. The van der Waals surface area contributed by atoms with Gasteiger partial charge in [-0.15, -0.1) is 0 Å². The molecule has 1 aliphatic carbocycles. The molecule has 1 amide bonds. The molecule has 3 aromatic rings. The second-order valence-corrected chi connectivity index (χ2v) is 7.66. The monoisotopic (exact) mass is 436 g/mol. The van der Waals surface area contributed by atoms with E-state index in [-0.39, 0.29) is 11.9 Å². The highest BCUT2D eigenvalue weighted by molar-refractivity contribution is 5.99. The maximum Gasteiger partial charge on any atom is 0.247 e. The Balaban J connectivity index is 1.36. The summed E-state index contributed by atoms with van der Waals surface area (Å²) in [6.07, 6.45) is 12.5. The molecule has 2 aromatic heterocycles. The first-order chi connectivity index (χ1) is 16.1. The minimum Gasteiger partial charge on any atom is -0.437 e. The molecular weight excluding hydrogens is 416 g/mol. The number of carbonyl (C=O) groups is 1. The van der Waals surface area contributed by atoms with Crippen molar-refractivity contribution in [3.8, 4) is 17.7 Å². The van der Waals surface area contributed by atoms with Crippen molar-refractivity contribution < 1.29 is 9.53 Å². The Morgan fingerprint density at radius 1 is 1.36 bits per heavy atom.